The number of rotatable bonds is 2. The third-order valence-corrected chi connectivity index (χ3v) is 4.19. The molecule has 0 saturated heterocycles. The molecule has 2 aromatic rings. The van der Waals surface area contributed by atoms with Gasteiger partial charge in [-0.05, 0) is 26.3 Å². The molecule has 0 aliphatic rings. The highest BCUT2D eigenvalue weighted by Gasteiger charge is 2.19. The van der Waals surface area contributed by atoms with E-state index in [-0.39, 0.29) is 5.56 Å². The lowest BCUT2D eigenvalue weighted by atomic mass is 10.2. The first kappa shape index (κ1) is 12.8. The van der Waals surface area contributed by atoms with Crippen LogP contribution < -0.4 is 5.56 Å². The number of aromatic nitrogens is 2. The van der Waals surface area contributed by atoms with Crippen LogP contribution >= 0.6 is 11.3 Å². The molecule has 1 atom stereocenters. The summed E-state index contributed by atoms with van der Waals surface area (Å²) in [6, 6.07) is -0.668. The molecule has 0 bridgehead atoms. The number of methoxy groups -OCH3 is 1. The van der Waals surface area contributed by atoms with Crippen LogP contribution in [-0.2, 0) is 9.53 Å². The smallest absolute Gasteiger partial charge is 0.328 e. The maximum atomic E-state index is 12.3. The number of carbonyl (C=O) groups excluding carboxylic acids is 1. The standard InChI is InChI=1S/C12H14N2O3S/c1-6-8(3)18-10-9(6)11(15)14(5-13-10)7(2)12(16)17-4/h5,7H,1-4H3/t7-/m0/s1. The predicted octanol–water partition coefficient (Wildman–Crippen LogP) is 1.81. The van der Waals surface area contributed by atoms with Crippen molar-refractivity contribution < 1.29 is 9.53 Å². The van der Waals surface area contributed by atoms with Crippen LogP contribution in [0, 0.1) is 13.8 Å². The SMILES string of the molecule is COC(=O)[C@H](C)n1cnc2sc(C)c(C)c2c1=O. The Morgan fingerprint density at radius 1 is 1.50 bits per heavy atom. The molecule has 0 spiro atoms. The number of esters is 1. The van der Waals surface area contributed by atoms with Crippen LogP contribution in [0.4, 0.5) is 0 Å². The lowest BCUT2D eigenvalue weighted by Crippen LogP contribution is -2.29. The molecule has 6 heteroatoms. The van der Waals surface area contributed by atoms with E-state index in [1.807, 2.05) is 13.8 Å². The summed E-state index contributed by atoms with van der Waals surface area (Å²) < 4.78 is 5.96. The van der Waals surface area contributed by atoms with Crippen molar-refractivity contribution in [2.24, 2.45) is 0 Å². The van der Waals surface area contributed by atoms with Crippen molar-refractivity contribution in [3.63, 3.8) is 0 Å². The van der Waals surface area contributed by atoms with E-state index in [4.69, 9.17) is 0 Å². The molecule has 5 nitrogen and oxygen atoms in total. The highest BCUT2D eigenvalue weighted by molar-refractivity contribution is 7.18. The molecule has 96 valence electrons. The molecule has 0 aliphatic carbocycles. The van der Waals surface area contributed by atoms with Gasteiger partial charge in [-0.15, -0.1) is 11.3 Å². The quantitative estimate of drug-likeness (QED) is 0.778. The second kappa shape index (κ2) is 4.53. The van der Waals surface area contributed by atoms with Gasteiger partial charge in [-0.2, -0.15) is 0 Å². The van der Waals surface area contributed by atoms with Gasteiger partial charge in [0.2, 0.25) is 0 Å². The second-order valence-corrected chi connectivity index (χ2v) is 5.32. The lowest BCUT2D eigenvalue weighted by molar-refractivity contribution is -0.144. The van der Waals surface area contributed by atoms with Crippen LogP contribution in [0.2, 0.25) is 0 Å². The fourth-order valence-corrected chi connectivity index (χ4v) is 2.80. The first-order chi connectivity index (χ1) is 8.47. The van der Waals surface area contributed by atoms with Crippen molar-refractivity contribution in [1.82, 2.24) is 9.55 Å². The van der Waals surface area contributed by atoms with E-state index in [9.17, 15) is 9.59 Å². The first-order valence-corrected chi connectivity index (χ1v) is 6.33. The first-order valence-electron chi connectivity index (χ1n) is 5.52. The Labute approximate surface area is 108 Å². The van der Waals surface area contributed by atoms with Crippen molar-refractivity contribution in [2.45, 2.75) is 26.8 Å². The zero-order valence-corrected chi connectivity index (χ0v) is 11.5. The van der Waals surface area contributed by atoms with Crippen molar-refractivity contribution in [2.75, 3.05) is 7.11 Å². The number of hydrogen-bond acceptors (Lipinski definition) is 5. The van der Waals surface area contributed by atoms with Gasteiger partial charge in [0.15, 0.2) is 0 Å². The van der Waals surface area contributed by atoms with Crippen molar-refractivity contribution in [1.29, 1.82) is 0 Å². The topological polar surface area (TPSA) is 61.2 Å². The maximum absolute atomic E-state index is 12.3. The van der Waals surface area contributed by atoms with Gasteiger partial charge in [-0.25, -0.2) is 9.78 Å². The summed E-state index contributed by atoms with van der Waals surface area (Å²) >= 11 is 1.49. The fourth-order valence-electron chi connectivity index (χ4n) is 1.81. The van der Waals surface area contributed by atoms with Gasteiger partial charge in [-0.1, -0.05) is 0 Å². The molecule has 0 saturated carbocycles. The van der Waals surface area contributed by atoms with E-state index in [2.05, 4.69) is 9.72 Å². The minimum atomic E-state index is -0.668. The predicted molar refractivity (Wildman–Crippen MR) is 70.1 cm³/mol. The number of thiophene rings is 1. The molecule has 0 aromatic carbocycles. The number of aryl methyl sites for hydroxylation is 2. The van der Waals surface area contributed by atoms with Crippen LogP contribution in [-0.4, -0.2) is 22.6 Å². The molecule has 0 amide bonds. The average Bonchev–Trinajstić information content (AvgIpc) is 2.64. The summed E-state index contributed by atoms with van der Waals surface area (Å²) in [5.74, 6) is -0.456. The van der Waals surface area contributed by atoms with Gasteiger partial charge in [0.05, 0.1) is 18.8 Å². The monoisotopic (exact) mass is 266 g/mol. The average molecular weight is 266 g/mol. The van der Waals surface area contributed by atoms with Gasteiger partial charge >= 0.3 is 5.97 Å². The van der Waals surface area contributed by atoms with E-state index >= 15 is 0 Å². The van der Waals surface area contributed by atoms with Crippen molar-refractivity contribution >= 4 is 27.5 Å². The molecule has 18 heavy (non-hydrogen) atoms. The summed E-state index contributed by atoms with van der Waals surface area (Å²) in [5, 5.41) is 0.593. The summed E-state index contributed by atoms with van der Waals surface area (Å²) in [7, 11) is 1.30. The van der Waals surface area contributed by atoms with Crippen LogP contribution in [0.1, 0.15) is 23.4 Å². The van der Waals surface area contributed by atoms with E-state index < -0.39 is 12.0 Å². The van der Waals surface area contributed by atoms with Crippen LogP contribution in [0.15, 0.2) is 11.1 Å². The normalized spacial score (nSPS) is 12.7. The molecule has 2 aromatic heterocycles. The third kappa shape index (κ3) is 1.82. The molecule has 0 unspecified atom stereocenters. The van der Waals surface area contributed by atoms with Crippen molar-refractivity contribution in [3.05, 3.63) is 27.1 Å². The second-order valence-electron chi connectivity index (χ2n) is 4.12. The Morgan fingerprint density at radius 3 is 2.78 bits per heavy atom. The Balaban J connectivity index is 2.68. The Bertz CT molecular complexity index is 672. The fraction of sp³-hybridized carbons (Fsp3) is 0.417. The van der Waals surface area contributed by atoms with Gasteiger partial charge in [0.1, 0.15) is 10.9 Å². The van der Waals surface area contributed by atoms with Gasteiger partial charge in [-0.3, -0.25) is 9.36 Å². The zero-order chi connectivity index (χ0) is 13.4. The zero-order valence-electron chi connectivity index (χ0n) is 10.7. The lowest BCUT2D eigenvalue weighted by Gasteiger charge is -2.11. The van der Waals surface area contributed by atoms with E-state index in [1.165, 1.54) is 29.3 Å². The van der Waals surface area contributed by atoms with E-state index in [0.717, 1.165) is 10.4 Å². The third-order valence-electron chi connectivity index (χ3n) is 3.07. The molecule has 0 fully saturated rings. The molecular weight excluding hydrogens is 252 g/mol. The number of ether oxygens (including phenoxy) is 1. The summed E-state index contributed by atoms with van der Waals surface area (Å²) in [4.78, 5) is 29.8. The molecule has 0 aliphatic heterocycles. The molecule has 2 heterocycles. The number of nitrogens with zero attached hydrogens (tertiary/aromatic N) is 2. The number of fused-ring (bicyclic) bond motifs is 1. The van der Waals surface area contributed by atoms with E-state index in [1.54, 1.807) is 6.92 Å². The van der Waals surface area contributed by atoms with Gasteiger partial charge in [0.25, 0.3) is 5.56 Å². The summed E-state index contributed by atoms with van der Waals surface area (Å²) in [5.41, 5.74) is 0.735. The maximum Gasteiger partial charge on any atom is 0.328 e. The number of carbonyl (C=O) groups is 1. The van der Waals surface area contributed by atoms with Crippen molar-refractivity contribution in [3.8, 4) is 0 Å². The minimum absolute atomic E-state index is 0.195. The summed E-state index contributed by atoms with van der Waals surface area (Å²) in [6.45, 7) is 5.47. The molecule has 2 rings (SSSR count). The Hall–Kier alpha value is -1.69. The molecular formula is C12H14N2O3S. The van der Waals surface area contributed by atoms with Crippen LogP contribution in [0.5, 0.6) is 0 Å². The molecule has 0 radical (unpaired) electrons. The largest absolute Gasteiger partial charge is 0.467 e. The summed E-state index contributed by atoms with van der Waals surface area (Å²) in [6.07, 6.45) is 1.40. The molecule has 0 N–H and O–H groups in total. The Morgan fingerprint density at radius 2 is 2.17 bits per heavy atom. The number of hydrogen-bond donors (Lipinski definition) is 0. The van der Waals surface area contributed by atoms with Gasteiger partial charge in [0, 0.05) is 4.88 Å². The van der Waals surface area contributed by atoms with Gasteiger partial charge < -0.3 is 4.74 Å². The van der Waals surface area contributed by atoms with Crippen LogP contribution in [0.3, 0.4) is 0 Å². The highest BCUT2D eigenvalue weighted by atomic mass is 32.1. The highest BCUT2D eigenvalue weighted by Crippen LogP contribution is 2.25. The van der Waals surface area contributed by atoms with E-state index in [0.29, 0.717) is 10.2 Å². The van der Waals surface area contributed by atoms with Crippen LogP contribution in [0.25, 0.3) is 10.2 Å². The Kier molecular flexibility index (Phi) is 3.21. The minimum Gasteiger partial charge on any atom is -0.467 e.